The highest BCUT2D eigenvalue weighted by molar-refractivity contribution is 9.09. The predicted octanol–water partition coefficient (Wildman–Crippen LogP) is 1.20. The quantitative estimate of drug-likeness (QED) is 0.323. The van der Waals surface area contributed by atoms with Crippen LogP contribution in [0.4, 0.5) is 0 Å². The molecular weight excluding hydrogens is 191 g/mol. The smallest absolute Gasteiger partial charge is 0.381 e. The largest absolute Gasteiger partial charge is 0.422 e. The lowest BCUT2D eigenvalue weighted by Crippen LogP contribution is -2.33. The van der Waals surface area contributed by atoms with Crippen LogP contribution in [0.5, 0.6) is 0 Å². The van der Waals surface area contributed by atoms with E-state index in [2.05, 4.69) is 31.6 Å². The number of hydrogen-bond donors (Lipinski definition) is 0. The van der Waals surface area contributed by atoms with Gasteiger partial charge in [-0.15, -0.1) is 0 Å². The summed E-state index contributed by atoms with van der Waals surface area (Å²) < 4.78 is 0. The Morgan fingerprint density at radius 2 is 2.40 bits per heavy atom. The monoisotopic (exact) mass is 196 g/mol. The Labute approximate surface area is 68.6 Å². The van der Waals surface area contributed by atoms with Crippen LogP contribution >= 0.6 is 15.9 Å². The normalized spacial score (nSPS) is 27.9. The third-order valence-electron chi connectivity index (χ3n) is 1.60. The van der Waals surface area contributed by atoms with Gasteiger partial charge in [0.2, 0.25) is 0 Å². The summed E-state index contributed by atoms with van der Waals surface area (Å²) in [6.07, 6.45) is 7.98. The van der Waals surface area contributed by atoms with Crippen LogP contribution in [0.1, 0.15) is 0 Å². The van der Waals surface area contributed by atoms with E-state index in [0.717, 1.165) is 0 Å². The van der Waals surface area contributed by atoms with Crippen LogP contribution in [0.15, 0.2) is 29.2 Å². The van der Waals surface area contributed by atoms with E-state index < -0.39 is 0 Å². The Morgan fingerprint density at radius 1 is 1.50 bits per heavy atom. The fraction of sp³-hybridized carbons (Fsp3) is 0.167. The molecule has 0 saturated heterocycles. The minimum Gasteiger partial charge on any atom is -0.381 e. The van der Waals surface area contributed by atoms with E-state index in [0.29, 0.717) is 0 Å². The maximum atomic E-state index is 4.25. The molecule has 0 fully saturated rings. The van der Waals surface area contributed by atoms with E-state index in [1.54, 1.807) is 0 Å². The molecule has 0 amide bonds. The predicted molar refractivity (Wildman–Crippen MR) is 47.1 cm³/mol. The molecule has 2 aliphatic rings. The summed E-state index contributed by atoms with van der Waals surface area (Å²) in [5, 5.41) is 0. The van der Waals surface area contributed by atoms with Crippen LogP contribution in [-0.4, -0.2) is 23.0 Å². The lowest BCUT2D eigenvalue weighted by atomic mass is 9.75. The molecule has 0 bridgehead atoms. The van der Waals surface area contributed by atoms with Crippen molar-refractivity contribution >= 4 is 29.1 Å². The Kier molecular flexibility index (Phi) is 1.41. The third kappa shape index (κ3) is 0.832. The van der Waals surface area contributed by atoms with Gasteiger partial charge in [-0.2, -0.15) is 0 Å². The Bertz CT molecular complexity index is 224. The molecular formula is C6H6BBrN2. The molecule has 0 aliphatic carbocycles. The van der Waals surface area contributed by atoms with E-state index >= 15 is 0 Å². The molecule has 0 saturated carbocycles. The SMILES string of the molecule is BrC1C=NB2C=CC=CN21. The Balaban J connectivity index is 2.26. The molecule has 0 N–H and O–H groups in total. The summed E-state index contributed by atoms with van der Waals surface area (Å²) in [5.41, 5.74) is 0. The Hall–Kier alpha value is -0.505. The number of nitrogens with zero attached hydrogens (tertiary/aromatic N) is 2. The van der Waals surface area contributed by atoms with Crippen LogP contribution in [0.3, 0.4) is 0 Å². The summed E-state index contributed by atoms with van der Waals surface area (Å²) in [7, 11) is 0. The lowest BCUT2D eigenvalue weighted by Gasteiger charge is -2.21. The number of fused-ring (bicyclic) bond motifs is 1. The zero-order valence-electron chi connectivity index (χ0n) is 5.31. The summed E-state index contributed by atoms with van der Waals surface area (Å²) >= 11 is 3.47. The van der Waals surface area contributed by atoms with Gasteiger partial charge in [-0.1, -0.05) is 28.0 Å². The molecule has 50 valence electrons. The number of alkyl halides is 1. The zero-order valence-corrected chi connectivity index (χ0v) is 6.90. The molecule has 2 nitrogen and oxygen atoms in total. The fourth-order valence-electron chi connectivity index (χ4n) is 1.09. The molecule has 2 heterocycles. The molecule has 4 heteroatoms. The van der Waals surface area contributed by atoms with Crippen molar-refractivity contribution in [2.45, 2.75) is 4.95 Å². The second-order valence-electron chi connectivity index (χ2n) is 2.26. The van der Waals surface area contributed by atoms with Gasteiger partial charge in [0.1, 0.15) is 4.95 Å². The summed E-state index contributed by atoms with van der Waals surface area (Å²) in [4.78, 5) is 6.67. The highest BCUT2D eigenvalue weighted by Crippen LogP contribution is 2.18. The van der Waals surface area contributed by atoms with Gasteiger partial charge in [0.25, 0.3) is 0 Å². The van der Waals surface area contributed by atoms with Gasteiger partial charge >= 0.3 is 6.98 Å². The van der Waals surface area contributed by atoms with Gasteiger partial charge < -0.3 is 9.71 Å². The number of halogens is 1. The molecule has 0 aromatic heterocycles. The molecule has 1 unspecified atom stereocenters. The van der Waals surface area contributed by atoms with Crippen LogP contribution in [0.25, 0.3) is 0 Å². The van der Waals surface area contributed by atoms with E-state index in [-0.39, 0.29) is 11.9 Å². The molecule has 10 heavy (non-hydrogen) atoms. The van der Waals surface area contributed by atoms with Gasteiger partial charge in [-0.05, 0) is 12.3 Å². The molecule has 0 aromatic carbocycles. The first kappa shape index (κ1) is 6.22. The first-order valence-corrected chi connectivity index (χ1v) is 4.09. The van der Waals surface area contributed by atoms with Crippen molar-refractivity contribution < 1.29 is 0 Å². The molecule has 1 atom stereocenters. The molecule has 2 aliphatic heterocycles. The van der Waals surface area contributed by atoms with Crippen molar-refractivity contribution in [2.75, 3.05) is 0 Å². The average Bonchev–Trinajstić information content (AvgIpc) is 2.34. The summed E-state index contributed by atoms with van der Waals surface area (Å²) in [5.74, 6) is 2.07. The van der Waals surface area contributed by atoms with Gasteiger partial charge in [-0.3, -0.25) is 0 Å². The molecule has 0 spiro atoms. The summed E-state index contributed by atoms with van der Waals surface area (Å²) in [6.45, 7) is 0.231. The van der Waals surface area contributed by atoms with Crippen molar-refractivity contribution in [1.29, 1.82) is 0 Å². The first-order chi connectivity index (χ1) is 4.88. The topological polar surface area (TPSA) is 15.6 Å². The number of allylic oxidation sites excluding steroid dienone is 2. The maximum absolute atomic E-state index is 4.25. The van der Waals surface area contributed by atoms with Crippen LogP contribution < -0.4 is 0 Å². The van der Waals surface area contributed by atoms with Crippen molar-refractivity contribution in [1.82, 2.24) is 4.81 Å². The second-order valence-corrected chi connectivity index (χ2v) is 3.20. The zero-order chi connectivity index (χ0) is 6.97. The van der Waals surface area contributed by atoms with Crippen molar-refractivity contribution in [3.63, 3.8) is 0 Å². The average molecular weight is 197 g/mol. The standard InChI is InChI=1S/C6H6BBrN2/c8-6-5-9-7-3-1-2-4-10(6)7/h1-6H. The van der Waals surface area contributed by atoms with Gasteiger partial charge in [-0.25, -0.2) is 0 Å². The Morgan fingerprint density at radius 3 is 3.20 bits per heavy atom. The van der Waals surface area contributed by atoms with Gasteiger partial charge in [0.15, 0.2) is 0 Å². The van der Waals surface area contributed by atoms with E-state index in [4.69, 9.17) is 0 Å². The third-order valence-corrected chi connectivity index (χ3v) is 2.31. The van der Waals surface area contributed by atoms with E-state index in [1.807, 2.05) is 24.6 Å². The van der Waals surface area contributed by atoms with Crippen LogP contribution in [0, 0.1) is 0 Å². The van der Waals surface area contributed by atoms with Crippen molar-refractivity contribution in [3.05, 3.63) is 24.3 Å². The maximum Gasteiger partial charge on any atom is 0.422 e. The highest BCUT2D eigenvalue weighted by Gasteiger charge is 2.28. The van der Waals surface area contributed by atoms with E-state index in [1.165, 1.54) is 0 Å². The number of rotatable bonds is 0. The van der Waals surface area contributed by atoms with Crippen molar-refractivity contribution in [3.8, 4) is 0 Å². The van der Waals surface area contributed by atoms with Gasteiger partial charge in [0.05, 0.1) is 0 Å². The second kappa shape index (κ2) is 2.27. The highest BCUT2D eigenvalue weighted by atomic mass is 79.9. The minimum atomic E-state index is 0.231. The summed E-state index contributed by atoms with van der Waals surface area (Å²) in [6, 6.07) is 0. The van der Waals surface area contributed by atoms with E-state index in [9.17, 15) is 0 Å². The number of hydrogen-bond acceptors (Lipinski definition) is 2. The minimum absolute atomic E-state index is 0.231. The first-order valence-electron chi connectivity index (χ1n) is 3.18. The fourth-order valence-corrected chi connectivity index (χ4v) is 1.61. The van der Waals surface area contributed by atoms with Crippen LogP contribution in [0.2, 0.25) is 0 Å². The molecule has 0 aromatic rings. The van der Waals surface area contributed by atoms with Gasteiger partial charge in [0, 0.05) is 6.21 Å². The molecule has 2 rings (SSSR count). The lowest BCUT2D eigenvalue weighted by molar-refractivity contribution is 0.657. The van der Waals surface area contributed by atoms with Crippen LogP contribution in [-0.2, 0) is 0 Å². The molecule has 0 radical (unpaired) electrons. The van der Waals surface area contributed by atoms with Crippen molar-refractivity contribution in [2.24, 2.45) is 4.90 Å².